The van der Waals surface area contributed by atoms with Gasteiger partial charge < -0.3 is 9.67 Å². The summed E-state index contributed by atoms with van der Waals surface area (Å²) in [6.07, 6.45) is 2.56. The molecule has 1 atom stereocenters. The zero-order valence-electron chi connectivity index (χ0n) is 13.1. The number of aliphatic carboxylic acids is 1. The average molecular weight is 312 g/mol. The number of aromatic nitrogens is 3. The molecular formula is C14H24N4O2S. The Morgan fingerprint density at radius 1 is 1.43 bits per heavy atom. The van der Waals surface area contributed by atoms with Crippen LogP contribution in [0.15, 0.2) is 5.16 Å². The molecule has 0 spiro atoms. The molecule has 0 amide bonds. The SMILES string of the molecule is CC(C)c1nnc(SCC(=O)O)n1CC(C)N(C)C1CC1. The second-order valence-electron chi connectivity index (χ2n) is 6.03. The fourth-order valence-corrected chi connectivity index (χ4v) is 3.04. The van der Waals surface area contributed by atoms with Crippen molar-refractivity contribution in [2.45, 2.75) is 63.3 Å². The molecule has 1 saturated carbocycles. The van der Waals surface area contributed by atoms with Gasteiger partial charge in [-0.1, -0.05) is 25.6 Å². The first-order valence-electron chi connectivity index (χ1n) is 7.39. The highest BCUT2D eigenvalue weighted by molar-refractivity contribution is 7.99. The van der Waals surface area contributed by atoms with Crippen LogP contribution in [0.1, 0.15) is 45.4 Å². The monoisotopic (exact) mass is 312 g/mol. The molecule has 118 valence electrons. The summed E-state index contributed by atoms with van der Waals surface area (Å²) in [6, 6.07) is 1.09. The van der Waals surface area contributed by atoms with Crippen LogP contribution in [0, 0.1) is 0 Å². The number of likely N-dealkylation sites (N-methyl/N-ethyl adjacent to an activating group) is 1. The Morgan fingerprint density at radius 2 is 2.10 bits per heavy atom. The lowest BCUT2D eigenvalue weighted by molar-refractivity contribution is -0.133. The first-order valence-corrected chi connectivity index (χ1v) is 8.38. The van der Waals surface area contributed by atoms with Gasteiger partial charge in [0.1, 0.15) is 5.82 Å². The highest BCUT2D eigenvalue weighted by Gasteiger charge is 2.30. The van der Waals surface area contributed by atoms with Crippen LogP contribution < -0.4 is 0 Å². The van der Waals surface area contributed by atoms with Gasteiger partial charge in [0.15, 0.2) is 5.16 Å². The number of nitrogens with zero attached hydrogens (tertiary/aromatic N) is 4. The Morgan fingerprint density at radius 3 is 2.62 bits per heavy atom. The number of hydrogen-bond donors (Lipinski definition) is 1. The van der Waals surface area contributed by atoms with Gasteiger partial charge in [-0.15, -0.1) is 10.2 Å². The van der Waals surface area contributed by atoms with Crippen LogP contribution in [0.5, 0.6) is 0 Å². The van der Waals surface area contributed by atoms with E-state index in [0.717, 1.165) is 12.4 Å². The average Bonchev–Trinajstić information content (AvgIpc) is 3.18. The molecule has 1 fully saturated rings. The number of hydrogen-bond acceptors (Lipinski definition) is 5. The van der Waals surface area contributed by atoms with Crippen LogP contribution >= 0.6 is 11.8 Å². The molecule has 0 aliphatic heterocycles. The second-order valence-corrected chi connectivity index (χ2v) is 6.98. The predicted octanol–water partition coefficient (Wildman–Crippen LogP) is 2.06. The van der Waals surface area contributed by atoms with Crippen LogP contribution in [-0.4, -0.2) is 55.6 Å². The highest BCUT2D eigenvalue weighted by atomic mass is 32.2. The molecule has 1 unspecified atom stereocenters. The molecule has 1 aliphatic rings. The highest BCUT2D eigenvalue weighted by Crippen LogP contribution is 2.28. The zero-order chi connectivity index (χ0) is 15.6. The zero-order valence-corrected chi connectivity index (χ0v) is 13.9. The normalized spacial score (nSPS) is 16.7. The van der Waals surface area contributed by atoms with Crippen LogP contribution in [0.3, 0.4) is 0 Å². The Hall–Kier alpha value is -1.08. The van der Waals surface area contributed by atoms with Crippen molar-refractivity contribution in [1.29, 1.82) is 0 Å². The number of rotatable bonds is 8. The van der Waals surface area contributed by atoms with Crippen molar-refractivity contribution in [2.75, 3.05) is 12.8 Å². The summed E-state index contributed by atoms with van der Waals surface area (Å²) in [4.78, 5) is 13.2. The molecule has 1 N–H and O–H groups in total. The van der Waals surface area contributed by atoms with E-state index in [1.54, 1.807) is 0 Å². The van der Waals surface area contributed by atoms with E-state index in [1.807, 2.05) is 0 Å². The summed E-state index contributed by atoms with van der Waals surface area (Å²) in [7, 11) is 2.16. The molecule has 0 saturated heterocycles. The van der Waals surface area contributed by atoms with E-state index in [2.05, 4.69) is 47.5 Å². The molecule has 2 rings (SSSR count). The Kier molecular flexibility index (Phi) is 5.27. The quantitative estimate of drug-likeness (QED) is 0.741. The van der Waals surface area contributed by atoms with Gasteiger partial charge in [0.25, 0.3) is 0 Å². The van der Waals surface area contributed by atoms with Gasteiger partial charge >= 0.3 is 5.97 Å². The van der Waals surface area contributed by atoms with Crippen molar-refractivity contribution in [2.24, 2.45) is 0 Å². The van der Waals surface area contributed by atoms with E-state index < -0.39 is 5.97 Å². The summed E-state index contributed by atoms with van der Waals surface area (Å²) >= 11 is 1.24. The molecule has 7 heteroatoms. The van der Waals surface area contributed by atoms with E-state index in [4.69, 9.17) is 5.11 Å². The fourth-order valence-electron chi connectivity index (χ4n) is 2.37. The second kappa shape index (κ2) is 6.79. The lowest BCUT2D eigenvalue weighted by Crippen LogP contribution is -2.35. The fraction of sp³-hybridized carbons (Fsp3) is 0.786. The van der Waals surface area contributed by atoms with E-state index in [9.17, 15) is 4.79 Å². The van der Waals surface area contributed by atoms with Crippen molar-refractivity contribution >= 4 is 17.7 Å². The number of thioether (sulfide) groups is 1. The Labute approximate surface area is 129 Å². The smallest absolute Gasteiger partial charge is 0.313 e. The minimum absolute atomic E-state index is 0.0169. The van der Waals surface area contributed by atoms with Gasteiger partial charge in [-0.25, -0.2) is 0 Å². The molecule has 1 aromatic rings. The molecule has 1 aromatic heterocycles. The minimum Gasteiger partial charge on any atom is -0.481 e. The van der Waals surface area contributed by atoms with Gasteiger partial charge in [0.05, 0.1) is 5.75 Å². The summed E-state index contributed by atoms with van der Waals surface area (Å²) in [5.41, 5.74) is 0. The van der Waals surface area contributed by atoms with Crippen LogP contribution in [0.4, 0.5) is 0 Å². The van der Waals surface area contributed by atoms with Gasteiger partial charge in [-0.3, -0.25) is 9.69 Å². The van der Waals surface area contributed by atoms with Crippen molar-refractivity contribution in [3.8, 4) is 0 Å². The molecule has 1 heterocycles. The predicted molar refractivity (Wildman–Crippen MR) is 82.7 cm³/mol. The molecular weight excluding hydrogens is 288 g/mol. The van der Waals surface area contributed by atoms with Crippen LogP contribution in [-0.2, 0) is 11.3 Å². The third-order valence-corrected chi connectivity index (χ3v) is 4.80. The maximum absolute atomic E-state index is 10.8. The van der Waals surface area contributed by atoms with Crippen molar-refractivity contribution < 1.29 is 9.90 Å². The van der Waals surface area contributed by atoms with Gasteiger partial charge in [-0.05, 0) is 26.8 Å². The number of carboxylic acid groups (broad SMARTS) is 1. The standard InChI is InChI=1S/C14H24N4O2S/c1-9(2)13-15-16-14(21-8-12(19)20)18(13)7-10(3)17(4)11-5-6-11/h9-11H,5-8H2,1-4H3,(H,19,20). The third kappa shape index (κ3) is 4.20. The third-order valence-electron chi connectivity index (χ3n) is 3.85. The lowest BCUT2D eigenvalue weighted by atomic mass is 10.2. The maximum atomic E-state index is 10.8. The molecule has 1 aliphatic carbocycles. The van der Waals surface area contributed by atoms with Crippen molar-refractivity contribution in [3.05, 3.63) is 5.82 Å². The van der Waals surface area contributed by atoms with Crippen LogP contribution in [0.25, 0.3) is 0 Å². The molecule has 0 radical (unpaired) electrons. The molecule has 0 bridgehead atoms. The van der Waals surface area contributed by atoms with Gasteiger partial charge in [0.2, 0.25) is 0 Å². The van der Waals surface area contributed by atoms with Crippen molar-refractivity contribution in [3.63, 3.8) is 0 Å². The topological polar surface area (TPSA) is 71.2 Å². The molecule has 6 nitrogen and oxygen atoms in total. The maximum Gasteiger partial charge on any atom is 0.313 e. The van der Waals surface area contributed by atoms with Gasteiger partial charge in [-0.2, -0.15) is 0 Å². The van der Waals surface area contributed by atoms with E-state index in [-0.39, 0.29) is 11.7 Å². The first-order chi connectivity index (χ1) is 9.90. The summed E-state index contributed by atoms with van der Waals surface area (Å²) in [6.45, 7) is 7.17. The first kappa shape index (κ1) is 16.3. The van der Waals surface area contributed by atoms with Crippen molar-refractivity contribution in [1.82, 2.24) is 19.7 Å². The lowest BCUT2D eigenvalue weighted by Gasteiger charge is -2.26. The summed E-state index contributed by atoms with van der Waals surface area (Å²) in [5, 5.41) is 18.0. The number of carbonyl (C=O) groups is 1. The molecule has 0 aromatic carbocycles. The number of carboxylic acids is 1. The minimum atomic E-state index is -0.830. The van der Waals surface area contributed by atoms with E-state index >= 15 is 0 Å². The van der Waals surface area contributed by atoms with Gasteiger partial charge in [0, 0.05) is 24.5 Å². The summed E-state index contributed by atoms with van der Waals surface area (Å²) < 4.78 is 2.09. The Balaban J connectivity index is 2.13. The summed E-state index contributed by atoms with van der Waals surface area (Å²) in [5.74, 6) is 0.390. The molecule has 21 heavy (non-hydrogen) atoms. The van der Waals surface area contributed by atoms with E-state index in [0.29, 0.717) is 17.2 Å². The van der Waals surface area contributed by atoms with Crippen LogP contribution in [0.2, 0.25) is 0 Å². The Bertz CT molecular complexity index is 499. The largest absolute Gasteiger partial charge is 0.481 e. The van der Waals surface area contributed by atoms with E-state index in [1.165, 1.54) is 24.6 Å².